The van der Waals surface area contributed by atoms with Crippen molar-refractivity contribution in [3.8, 4) is 0 Å². The number of thioether (sulfide) groups is 1. The topological polar surface area (TPSA) is 54.9 Å². The summed E-state index contributed by atoms with van der Waals surface area (Å²) in [4.78, 5) is 21.9. The molecule has 0 fully saturated rings. The summed E-state index contributed by atoms with van der Waals surface area (Å²) < 4.78 is 2.24. The first-order valence-corrected chi connectivity index (χ1v) is 11.1. The molecule has 4 nitrogen and oxygen atoms in total. The number of nitrogens with one attached hydrogen (secondary N) is 1. The quantitative estimate of drug-likeness (QED) is 0.318. The standard InChI is InChI=1S/C22H21N3OS2/c1-3-14-9-5-7-11-16(14)25-21(26)17(4-2)28-22-20-19(23-13-24-22)15-10-6-8-12-18(15)27-20/h5-13,17H,3-4H2,1-2H3,(H,25,26). The number of aromatic nitrogens is 2. The van der Waals surface area contributed by atoms with Gasteiger partial charge in [0.2, 0.25) is 5.91 Å². The summed E-state index contributed by atoms with van der Waals surface area (Å²) in [5.74, 6) is 0.0151. The van der Waals surface area contributed by atoms with Crippen LogP contribution in [0.3, 0.4) is 0 Å². The first kappa shape index (κ1) is 18.9. The van der Waals surface area contributed by atoms with E-state index >= 15 is 0 Å². The monoisotopic (exact) mass is 407 g/mol. The summed E-state index contributed by atoms with van der Waals surface area (Å²) >= 11 is 3.21. The third kappa shape index (κ3) is 3.62. The van der Waals surface area contributed by atoms with Crippen molar-refractivity contribution in [3.63, 3.8) is 0 Å². The average Bonchev–Trinajstić information content (AvgIpc) is 3.12. The van der Waals surface area contributed by atoms with Crippen molar-refractivity contribution in [1.82, 2.24) is 9.97 Å². The van der Waals surface area contributed by atoms with Crippen molar-refractivity contribution in [1.29, 1.82) is 0 Å². The van der Waals surface area contributed by atoms with Gasteiger partial charge < -0.3 is 5.32 Å². The Morgan fingerprint density at radius 1 is 1.11 bits per heavy atom. The molecule has 4 rings (SSSR count). The van der Waals surface area contributed by atoms with Gasteiger partial charge in [-0.1, -0.05) is 62.0 Å². The Morgan fingerprint density at radius 3 is 2.71 bits per heavy atom. The molecule has 142 valence electrons. The molecule has 0 spiro atoms. The summed E-state index contributed by atoms with van der Waals surface area (Å²) in [6.45, 7) is 4.13. The molecule has 4 aromatic rings. The van der Waals surface area contributed by atoms with E-state index in [9.17, 15) is 4.79 Å². The lowest BCUT2D eigenvalue weighted by atomic mass is 10.1. The van der Waals surface area contributed by atoms with Gasteiger partial charge in [0.25, 0.3) is 0 Å². The molecule has 1 N–H and O–H groups in total. The molecule has 1 unspecified atom stereocenters. The lowest BCUT2D eigenvalue weighted by Crippen LogP contribution is -2.25. The van der Waals surface area contributed by atoms with Gasteiger partial charge in [-0.2, -0.15) is 0 Å². The Hall–Kier alpha value is -2.44. The van der Waals surface area contributed by atoms with E-state index in [2.05, 4.69) is 40.4 Å². The van der Waals surface area contributed by atoms with Crippen LogP contribution in [0.5, 0.6) is 0 Å². The zero-order valence-electron chi connectivity index (χ0n) is 15.8. The Morgan fingerprint density at radius 2 is 1.89 bits per heavy atom. The van der Waals surface area contributed by atoms with E-state index in [0.717, 1.165) is 44.7 Å². The molecule has 0 saturated heterocycles. The minimum Gasteiger partial charge on any atom is -0.325 e. The maximum absolute atomic E-state index is 13.0. The molecule has 0 saturated carbocycles. The number of nitrogens with zero attached hydrogens (tertiary/aromatic N) is 2. The summed E-state index contributed by atoms with van der Waals surface area (Å²) in [5, 5.41) is 4.91. The molecule has 6 heteroatoms. The van der Waals surface area contributed by atoms with Crippen molar-refractivity contribution in [2.45, 2.75) is 37.0 Å². The zero-order chi connectivity index (χ0) is 19.5. The molecule has 2 aromatic carbocycles. The van der Waals surface area contributed by atoms with Crippen LogP contribution in [0.25, 0.3) is 20.3 Å². The summed E-state index contributed by atoms with van der Waals surface area (Å²) in [6.07, 6.45) is 3.21. The fourth-order valence-corrected chi connectivity index (χ4v) is 5.43. The number of aryl methyl sites for hydroxylation is 1. The number of fused-ring (bicyclic) bond motifs is 3. The summed E-state index contributed by atoms with van der Waals surface area (Å²) in [5.41, 5.74) is 3.00. The fourth-order valence-electron chi connectivity index (χ4n) is 3.21. The normalized spacial score (nSPS) is 12.4. The number of hydrogen-bond donors (Lipinski definition) is 1. The molecule has 0 aliphatic heterocycles. The zero-order valence-corrected chi connectivity index (χ0v) is 17.4. The van der Waals surface area contributed by atoms with Crippen molar-refractivity contribution < 1.29 is 4.79 Å². The van der Waals surface area contributed by atoms with Gasteiger partial charge >= 0.3 is 0 Å². The third-order valence-electron chi connectivity index (χ3n) is 4.70. The summed E-state index contributed by atoms with van der Waals surface area (Å²) in [6, 6.07) is 16.2. The van der Waals surface area contributed by atoms with Gasteiger partial charge in [-0.25, -0.2) is 9.97 Å². The highest BCUT2D eigenvalue weighted by molar-refractivity contribution is 8.00. The van der Waals surface area contributed by atoms with Crippen LogP contribution in [-0.2, 0) is 11.2 Å². The van der Waals surface area contributed by atoms with E-state index in [1.807, 2.05) is 37.3 Å². The first-order chi connectivity index (χ1) is 13.7. The lowest BCUT2D eigenvalue weighted by Gasteiger charge is -2.16. The van der Waals surface area contributed by atoms with Crippen LogP contribution in [0.4, 0.5) is 5.69 Å². The number of benzene rings is 2. The third-order valence-corrected chi connectivity index (χ3v) is 7.36. The van der Waals surface area contributed by atoms with Gasteiger partial charge in [-0.05, 0) is 30.5 Å². The van der Waals surface area contributed by atoms with Crippen LogP contribution < -0.4 is 5.32 Å². The maximum Gasteiger partial charge on any atom is 0.237 e. The van der Waals surface area contributed by atoms with Crippen molar-refractivity contribution in [2.75, 3.05) is 5.32 Å². The fraction of sp³-hybridized carbons (Fsp3) is 0.227. The predicted molar refractivity (Wildman–Crippen MR) is 119 cm³/mol. The van der Waals surface area contributed by atoms with Gasteiger partial charge in [0.1, 0.15) is 11.4 Å². The number of carbonyl (C=O) groups excluding carboxylic acids is 1. The van der Waals surface area contributed by atoms with Crippen LogP contribution in [0.15, 0.2) is 59.9 Å². The van der Waals surface area contributed by atoms with Crippen LogP contribution in [0, 0.1) is 0 Å². The predicted octanol–water partition coefficient (Wildman–Crippen LogP) is 5.92. The molecular formula is C22H21N3OS2. The highest BCUT2D eigenvalue weighted by atomic mass is 32.2. The van der Waals surface area contributed by atoms with Crippen molar-refractivity contribution >= 4 is 55.0 Å². The first-order valence-electron chi connectivity index (χ1n) is 9.39. The van der Waals surface area contributed by atoms with Crippen LogP contribution >= 0.6 is 23.1 Å². The second-order valence-electron chi connectivity index (χ2n) is 6.47. The highest BCUT2D eigenvalue weighted by Crippen LogP contribution is 2.38. The molecule has 0 radical (unpaired) electrons. The molecule has 28 heavy (non-hydrogen) atoms. The second-order valence-corrected chi connectivity index (χ2v) is 8.71. The number of thiophene rings is 1. The van der Waals surface area contributed by atoms with Gasteiger partial charge in [0.15, 0.2) is 0 Å². The van der Waals surface area contributed by atoms with E-state index in [-0.39, 0.29) is 11.2 Å². The Balaban J connectivity index is 1.62. The largest absolute Gasteiger partial charge is 0.325 e. The lowest BCUT2D eigenvalue weighted by molar-refractivity contribution is -0.115. The van der Waals surface area contributed by atoms with Crippen molar-refractivity contribution in [3.05, 3.63) is 60.4 Å². The Bertz CT molecular complexity index is 1140. The minimum atomic E-state index is -0.215. The molecule has 0 aliphatic rings. The highest BCUT2D eigenvalue weighted by Gasteiger charge is 2.22. The number of carbonyl (C=O) groups is 1. The molecular weight excluding hydrogens is 386 g/mol. The van der Waals surface area contributed by atoms with Gasteiger partial charge in [0, 0.05) is 15.8 Å². The van der Waals surface area contributed by atoms with E-state index in [4.69, 9.17) is 0 Å². The molecule has 0 bridgehead atoms. The number of hydrogen-bond acceptors (Lipinski definition) is 5. The average molecular weight is 408 g/mol. The van der Waals surface area contributed by atoms with Gasteiger partial charge in [0.05, 0.1) is 15.5 Å². The Labute approximate surface area is 172 Å². The minimum absolute atomic E-state index is 0.0151. The van der Waals surface area contributed by atoms with Crippen LogP contribution in [0.2, 0.25) is 0 Å². The molecule has 1 amide bonds. The SMILES string of the molecule is CCc1ccccc1NC(=O)C(CC)Sc1ncnc2c1sc1ccccc12. The van der Waals surface area contributed by atoms with Crippen molar-refractivity contribution in [2.24, 2.45) is 0 Å². The molecule has 2 heterocycles. The van der Waals surface area contributed by atoms with E-state index < -0.39 is 0 Å². The number of amides is 1. The van der Waals surface area contributed by atoms with Crippen LogP contribution in [0.1, 0.15) is 25.8 Å². The van der Waals surface area contributed by atoms with Crippen LogP contribution in [-0.4, -0.2) is 21.1 Å². The molecule has 1 atom stereocenters. The number of para-hydroxylation sites is 1. The number of rotatable bonds is 6. The van der Waals surface area contributed by atoms with E-state index in [1.54, 1.807) is 17.7 Å². The van der Waals surface area contributed by atoms with Gasteiger partial charge in [-0.3, -0.25) is 4.79 Å². The maximum atomic E-state index is 13.0. The smallest absolute Gasteiger partial charge is 0.237 e. The van der Waals surface area contributed by atoms with E-state index in [0.29, 0.717) is 0 Å². The Kier molecular flexibility index (Phi) is 5.59. The van der Waals surface area contributed by atoms with Gasteiger partial charge in [-0.15, -0.1) is 11.3 Å². The second kappa shape index (κ2) is 8.29. The molecule has 2 aromatic heterocycles. The summed E-state index contributed by atoms with van der Waals surface area (Å²) in [7, 11) is 0. The van der Waals surface area contributed by atoms with E-state index in [1.165, 1.54) is 16.5 Å². The molecule has 0 aliphatic carbocycles. The number of anilines is 1.